The highest BCUT2D eigenvalue weighted by molar-refractivity contribution is 7.92. The zero-order chi connectivity index (χ0) is 30.3. The second-order valence-corrected chi connectivity index (χ2v) is 12.8. The number of sulfonamides is 1. The fourth-order valence-electron chi connectivity index (χ4n) is 4.31. The van der Waals surface area contributed by atoms with E-state index in [0.717, 1.165) is 33.8 Å². The number of hydrogen-bond donors (Lipinski definition) is 1. The molecule has 3 rings (SSSR count). The van der Waals surface area contributed by atoms with Gasteiger partial charge in [-0.25, -0.2) is 8.42 Å². The third-order valence-electron chi connectivity index (χ3n) is 7.09. The number of amides is 2. The summed E-state index contributed by atoms with van der Waals surface area (Å²) in [6.07, 6.45) is 1.70. The normalized spacial score (nSPS) is 12.1. The van der Waals surface area contributed by atoms with Crippen molar-refractivity contribution in [3.63, 3.8) is 0 Å². The van der Waals surface area contributed by atoms with Crippen molar-refractivity contribution in [1.29, 1.82) is 0 Å². The third-order valence-corrected chi connectivity index (χ3v) is 9.45. The van der Waals surface area contributed by atoms with Gasteiger partial charge in [0.15, 0.2) is 0 Å². The standard InChI is InChI=1S/C31H37Cl2N3O4S/c1-6-7-17-34-31(38)24(5)35(19-25-13-14-26(32)18-28(25)33)30(37)20-36(29-10-8-9-22(3)23(29)4)41(39,40)27-15-11-21(2)12-16-27/h8-16,18,24H,6-7,17,19-20H2,1-5H3,(H,34,38)/t24-/m1/s1. The topological polar surface area (TPSA) is 86.8 Å². The summed E-state index contributed by atoms with van der Waals surface area (Å²) in [4.78, 5) is 28.6. The van der Waals surface area contributed by atoms with Gasteiger partial charge in [0, 0.05) is 23.1 Å². The maximum Gasteiger partial charge on any atom is 0.264 e. The molecule has 2 amide bonds. The molecular formula is C31H37Cl2N3O4S. The van der Waals surface area contributed by atoms with Gasteiger partial charge in [-0.15, -0.1) is 0 Å². The molecule has 0 heterocycles. The Morgan fingerprint density at radius 3 is 2.29 bits per heavy atom. The Labute approximate surface area is 253 Å². The van der Waals surface area contributed by atoms with Crippen LogP contribution in [0.25, 0.3) is 0 Å². The lowest BCUT2D eigenvalue weighted by molar-refractivity contribution is -0.139. The van der Waals surface area contributed by atoms with Crippen molar-refractivity contribution in [2.75, 3.05) is 17.4 Å². The number of benzene rings is 3. The van der Waals surface area contributed by atoms with Crippen LogP contribution in [0.5, 0.6) is 0 Å². The van der Waals surface area contributed by atoms with Gasteiger partial charge in [-0.1, -0.05) is 72.4 Å². The maximum atomic E-state index is 14.1. The number of hydrogen-bond acceptors (Lipinski definition) is 4. The number of carbonyl (C=O) groups excluding carboxylic acids is 2. The predicted octanol–water partition coefficient (Wildman–Crippen LogP) is 6.45. The molecule has 0 radical (unpaired) electrons. The molecule has 3 aromatic carbocycles. The Morgan fingerprint density at radius 2 is 1.66 bits per heavy atom. The smallest absolute Gasteiger partial charge is 0.264 e. The number of anilines is 1. The summed E-state index contributed by atoms with van der Waals surface area (Å²) in [6, 6.07) is 15.8. The Hall–Kier alpha value is -3.07. The van der Waals surface area contributed by atoms with Gasteiger partial charge in [0.2, 0.25) is 11.8 Å². The summed E-state index contributed by atoms with van der Waals surface area (Å²) >= 11 is 12.5. The van der Waals surface area contributed by atoms with Crippen LogP contribution in [0.3, 0.4) is 0 Å². The van der Waals surface area contributed by atoms with Gasteiger partial charge in [0.25, 0.3) is 10.0 Å². The number of nitrogens with zero attached hydrogens (tertiary/aromatic N) is 2. The second kappa shape index (κ2) is 14.2. The molecule has 0 fully saturated rings. The Balaban J connectivity index is 2.06. The molecule has 3 aromatic rings. The van der Waals surface area contributed by atoms with E-state index in [4.69, 9.17) is 23.2 Å². The van der Waals surface area contributed by atoms with Crippen LogP contribution in [0.1, 0.15) is 48.9 Å². The highest BCUT2D eigenvalue weighted by atomic mass is 35.5. The minimum Gasteiger partial charge on any atom is -0.354 e. The first-order chi connectivity index (χ1) is 19.4. The fraction of sp³-hybridized carbons (Fsp3) is 0.355. The van der Waals surface area contributed by atoms with Crippen LogP contribution in [0.2, 0.25) is 10.0 Å². The number of unbranched alkanes of at least 4 members (excludes halogenated alkanes) is 1. The van der Waals surface area contributed by atoms with Crippen LogP contribution >= 0.6 is 23.2 Å². The monoisotopic (exact) mass is 617 g/mol. The van der Waals surface area contributed by atoms with Gasteiger partial charge in [-0.3, -0.25) is 13.9 Å². The van der Waals surface area contributed by atoms with E-state index in [2.05, 4.69) is 5.32 Å². The lowest BCUT2D eigenvalue weighted by Crippen LogP contribution is -2.51. The molecule has 220 valence electrons. The summed E-state index contributed by atoms with van der Waals surface area (Å²) in [7, 11) is -4.15. The van der Waals surface area contributed by atoms with Gasteiger partial charge >= 0.3 is 0 Å². The van der Waals surface area contributed by atoms with Gasteiger partial charge in [-0.2, -0.15) is 0 Å². The third kappa shape index (κ3) is 8.03. The number of carbonyl (C=O) groups is 2. The minimum atomic E-state index is -4.15. The first-order valence-corrected chi connectivity index (χ1v) is 15.7. The average molecular weight is 619 g/mol. The van der Waals surface area contributed by atoms with E-state index in [9.17, 15) is 18.0 Å². The van der Waals surface area contributed by atoms with Crippen molar-refractivity contribution in [3.8, 4) is 0 Å². The SMILES string of the molecule is CCCCNC(=O)[C@@H](C)N(Cc1ccc(Cl)cc1Cl)C(=O)CN(c1cccc(C)c1C)S(=O)(=O)c1ccc(C)cc1. The van der Waals surface area contributed by atoms with Gasteiger partial charge in [0.05, 0.1) is 10.6 Å². The van der Waals surface area contributed by atoms with Crippen molar-refractivity contribution in [1.82, 2.24) is 10.2 Å². The number of aryl methyl sites for hydroxylation is 2. The molecule has 0 saturated heterocycles. The van der Waals surface area contributed by atoms with Crippen molar-refractivity contribution in [2.45, 2.75) is 64.9 Å². The maximum absolute atomic E-state index is 14.1. The predicted molar refractivity (Wildman–Crippen MR) is 166 cm³/mol. The summed E-state index contributed by atoms with van der Waals surface area (Å²) in [6.45, 7) is 9.16. The molecule has 0 aromatic heterocycles. The first kappa shape index (κ1) is 32.4. The van der Waals surface area contributed by atoms with Crippen LogP contribution in [0.4, 0.5) is 5.69 Å². The highest BCUT2D eigenvalue weighted by Crippen LogP contribution is 2.30. The number of halogens is 2. The highest BCUT2D eigenvalue weighted by Gasteiger charge is 2.33. The Morgan fingerprint density at radius 1 is 0.976 bits per heavy atom. The summed E-state index contributed by atoms with van der Waals surface area (Å²) < 4.78 is 29.2. The van der Waals surface area contributed by atoms with E-state index >= 15 is 0 Å². The largest absolute Gasteiger partial charge is 0.354 e. The molecule has 0 saturated carbocycles. The molecule has 41 heavy (non-hydrogen) atoms. The summed E-state index contributed by atoms with van der Waals surface area (Å²) in [5.41, 5.74) is 3.49. The van der Waals surface area contributed by atoms with E-state index in [1.54, 1.807) is 49.4 Å². The van der Waals surface area contributed by atoms with E-state index in [1.807, 2.05) is 33.8 Å². The van der Waals surface area contributed by atoms with Crippen molar-refractivity contribution in [3.05, 3.63) is 93.0 Å². The molecule has 0 aliphatic rings. The Kier molecular flexibility index (Phi) is 11.2. The molecule has 0 unspecified atom stereocenters. The van der Waals surface area contributed by atoms with E-state index in [0.29, 0.717) is 27.8 Å². The average Bonchev–Trinajstić information content (AvgIpc) is 2.93. The fourth-order valence-corrected chi connectivity index (χ4v) is 6.25. The second-order valence-electron chi connectivity index (χ2n) is 10.1. The lowest BCUT2D eigenvalue weighted by Gasteiger charge is -2.32. The van der Waals surface area contributed by atoms with Crippen LogP contribution in [-0.2, 0) is 26.2 Å². The van der Waals surface area contributed by atoms with Crippen LogP contribution in [0, 0.1) is 20.8 Å². The molecule has 1 N–H and O–H groups in total. The Bertz CT molecular complexity index is 1490. The number of nitrogens with one attached hydrogen (secondary N) is 1. The van der Waals surface area contributed by atoms with Crippen LogP contribution in [0.15, 0.2) is 65.6 Å². The molecule has 0 spiro atoms. The van der Waals surface area contributed by atoms with Gasteiger partial charge < -0.3 is 10.2 Å². The van der Waals surface area contributed by atoms with Gasteiger partial charge in [-0.05, 0) is 81.1 Å². The molecule has 0 bridgehead atoms. The molecule has 7 nitrogen and oxygen atoms in total. The molecule has 10 heteroatoms. The van der Waals surface area contributed by atoms with Crippen molar-refractivity contribution < 1.29 is 18.0 Å². The number of rotatable bonds is 12. The molecule has 0 aliphatic carbocycles. The van der Waals surface area contributed by atoms with Gasteiger partial charge in [0.1, 0.15) is 12.6 Å². The quantitative estimate of drug-likeness (QED) is 0.237. The minimum absolute atomic E-state index is 0.0115. The van der Waals surface area contributed by atoms with E-state index < -0.39 is 28.5 Å². The molecule has 0 aliphatic heterocycles. The van der Waals surface area contributed by atoms with E-state index in [1.165, 1.54) is 17.0 Å². The zero-order valence-electron chi connectivity index (χ0n) is 24.1. The summed E-state index contributed by atoms with van der Waals surface area (Å²) in [5, 5.41) is 3.65. The van der Waals surface area contributed by atoms with Crippen LogP contribution in [-0.4, -0.2) is 44.3 Å². The summed E-state index contributed by atoms with van der Waals surface area (Å²) in [5.74, 6) is -0.887. The zero-order valence-corrected chi connectivity index (χ0v) is 26.4. The molecule has 1 atom stereocenters. The first-order valence-electron chi connectivity index (χ1n) is 13.5. The van der Waals surface area contributed by atoms with Crippen molar-refractivity contribution in [2.24, 2.45) is 0 Å². The molecular weight excluding hydrogens is 581 g/mol. The van der Waals surface area contributed by atoms with Crippen LogP contribution < -0.4 is 9.62 Å². The van der Waals surface area contributed by atoms with E-state index in [-0.39, 0.29) is 17.3 Å². The lowest BCUT2D eigenvalue weighted by atomic mass is 10.1. The van der Waals surface area contributed by atoms with Crippen molar-refractivity contribution >= 4 is 50.7 Å².